The summed E-state index contributed by atoms with van der Waals surface area (Å²) in [6, 6.07) is 19.6. The molecular weight excluding hydrogens is 454 g/mol. The normalized spacial score (nSPS) is 10.5. The lowest BCUT2D eigenvalue weighted by atomic mass is 10.2. The van der Waals surface area contributed by atoms with Crippen LogP contribution in [0.1, 0.15) is 18.1 Å². The van der Waals surface area contributed by atoms with Gasteiger partial charge in [0.2, 0.25) is 0 Å². The predicted octanol–water partition coefficient (Wildman–Crippen LogP) is 6.70. The molecule has 0 atom stereocenters. The fourth-order valence-electron chi connectivity index (χ4n) is 2.80. The molecule has 0 heterocycles. The van der Waals surface area contributed by atoms with E-state index >= 15 is 0 Å². The number of nitrogens with one attached hydrogen (secondary N) is 1. The second kappa shape index (κ2) is 10.4. The maximum atomic E-state index is 6.20. The van der Waals surface area contributed by atoms with Crippen LogP contribution in [-0.4, -0.2) is 13.7 Å². The summed E-state index contributed by atoms with van der Waals surface area (Å²) < 4.78 is 18.0. The number of rotatable bonds is 9. The van der Waals surface area contributed by atoms with Gasteiger partial charge in [0.05, 0.1) is 18.7 Å². The number of hydrogen-bond acceptors (Lipinski definition) is 4. The highest BCUT2D eigenvalue weighted by Crippen LogP contribution is 2.35. The predicted molar refractivity (Wildman–Crippen MR) is 121 cm³/mol. The molecule has 4 nitrogen and oxygen atoms in total. The number of methoxy groups -OCH3 is 1. The molecule has 0 aliphatic heterocycles. The molecule has 0 aliphatic rings. The minimum Gasteiger partial charge on any atom is -0.495 e. The van der Waals surface area contributed by atoms with Crippen molar-refractivity contribution < 1.29 is 14.2 Å². The van der Waals surface area contributed by atoms with Crippen LogP contribution in [0.15, 0.2) is 65.1 Å². The average Bonchev–Trinajstić information content (AvgIpc) is 2.73. The lowest BCUT2D eigenvalue weighted by Crippen LogP contribution is -2.04. The lowest BCUT2D eigenvalue weighted by Gasteiger charge is -2.16. The van der Waals surface area contributed by atoms with E-state index in [1.165, 1.54) is 0 Å². The van der Waals surface area contributed by atoms with E-state index in [4.69, 9.17) is 25.8 Å². The minimum absolute atomic E-state index is 0.481. The first-order valence-corrected chi connectivity index (χ1v) is 10.5. The zero-order valence-electron chi connectivity index (χ0n) is 16.4. The Balaban J connectivity index is 1.73. The maximum absolute atomic E-state index is 6.20. The smallest absolute Gasteiger partial charge is 0.162 e. The summed E-state index contributed by atoms with van der Waals surface area (Å²) in [6.45, 7) is 3.60. The lowest BCUT2D eigenvalue weighted by molar-refractivity contribution is 0.269. The highest BCUT2D eigenvalue weighted by atomic mass is 79.9. The van der Waals surface area contributed by atoms with Crippen LogP contribution in [0, 0.1) is 0 Å². The van der Waals surface area contributed by atoms with Gasteiger partial charge < -0.3 is 19.5 Å². The first kappa shape index (κ1) is 21.3. The van der Waals surface area contributed by atoms with Crippen molar-refractivity contribution >= 4 is 33.2 Å². The number of benzene rings is 3. The highest BCUT2D eigenvalue weighted by molar-refractivity contribution is 9.10. The van der Waals surface area contributed by atoms with Gasteiger partial charge in [-0.1, -0.05) is 57.9 Å². The molecular formula is C23H23BrClNO3. The zero-order chi connectivity index (χ0) is 20.6. The van der Waals surface area contributed by atoms with Crippen molar-refractivity contribution in [2.24, 2.45) is 0 Å². The molecule has 0 aromatic heterocycles. The second-order valence-electron chi connectivity index (χ2n) is 6.30. The van der Waals surface area contributed by atoms with Gasteiger partial charge in [0.15, 0.2) is 11.5 Å². The molecule has 3 rings (SSSR count). The highest BCUT2D eigenvalue weighted by Gasteiger charge is 2.12. The number of hydrogen-bond donors (Lipinski definition) is 1. The summed E-state index contributed by atoms with van der Waals surface area (Å²) >= 11 is 9.85. The minimum atomic E-state index is 0.481. The van der Waals surface area contributed by atoms with Gasteiger partial charge in [-0.25, -0.2) is 0 Å². The zero-order valence-corrected chi connectivity index (χ0v) is 18.7. The van der Waals surface area contributed by atoms with E-state index in [1.54, 1.807) is 7.11 Å². The van der Waals surface area contributed by atoms with Gasteiger partial charge in [-0.2, -0.15) is 0 Å². The van der Waals surface area contributed by atoms with Crippen LogP contribution in [0.4, 0.5) is 5.69 Å². The Labute approximate surface area is 184 Å². The summed E-state index contributed by atoms with van der Waals surface area (Å²) in [5.74, 6) is 2.08. The molecule has 0 bridgehead atoms. The third-order valence-corrected chi connectivity index (χ3v) is 5.32. The molecule has 152 valence electrons. The molecule has 3 aromatic carbocycles. The summed E-state index contributed by atoms with van der Waals surface area (Å²) in [5.41, 5.74) is 3.06. The first-order valence-electron chi connectivity index (χ1n) is 9.30. The monoisotopic (exact) mass is 475 g/mol. The van der Waals surface area contributed by atoms with Crippen LogP contribution in [0.25, 0.3) is 0 Å². The van der Waals surface area contributed by atoms with Crippen molar-refractivity contribution in [1.29, 1.82) is 0 Å². The van der Waals surface area contributed by atoms with Gasteiger partial charge >= 0.3 is 0 Å². The Hall–Kier alpha value is -2.37. The van der Waals surface area contributed by atoms with Gasteiger partial charge in [0.1, 0.15) is 12.4 Å². The Kier molecular flexibility index (Phi) is 7.67. The fourth-order valence-corrected chi connectivity index (χ4v) is 3.52. The maximum Gasteiger partial charge on any atom is 0.162 e. The molecule has 0 amide bonds. The molecule has 0 aliphatic carbocycles. The molecule has 0 unspecified atom stereocenters. The Bertz CT molecular complexity index is 950. The van der Waals surface area contributed by atoms with E-state index in [0.29, 0.717) is 36.3 Å². The molecule has 0 saturated carbocycles. The first-order chi connectivity index (χ1) is 14.1. The van der Waals surface area contributed by atoms with Gasteiger partial charge in [0.25, 0.3) is 0 Å². The Morgan fingerprint density at radius 2 is 1.69 bits per heavy atom. The van der Waals surface area contributed by atoms with Crippen LogP contribution in [-0.2, 0) is 13.2 Å². The molecule has 6 heteroatoms. The van der Waals surface area contributed by atoms with Crippen molar-refractivity contribution in [3.63, 3.8) is 0 Å². The summed E-state index contributed by atoms with van der Waals surface area (Å²) in [4.78, 5) is 0. The number of anilines is 1. The van der Waals surface area contributed by atoms with Gasteiger partial charge in [-0.05, 0) is 48.4 Å². The molecule has 0 spiro atoms. The van der Waals surface area contributed by atoms with Crippen LogP contribution >= 0.6 is 27.5 Å². The van der Waals surface area contributed by atoms with Crippen molar-refractivity contribution in [1.82, 2.24) is 0 Å². The molecule has 3 aromatic rings. The molecule has 0 saturated heterocycles. The van der Waals surface area contributed by atoms with E-state index in [1.807, 2.05) is 67.6 Å². The summed E-state index contributed by atoms with van der Waals surface area (Å²) in [7, 11) is 1.60. The standard InChI is InChI=1S/C23H23BrClNO3/c1-3-28-22-11-17(14-26-18-9-10-21(27-2)20(25)12-18)19(24)13-23(22)29-15-16-7-5-4-6-8-16/h4-13,26H,3,14-15H2,1-2H3. The van der Waals surface area contributed by atoms with E-state index < -0.39 is 0 Å². The Morgan fingerprint density at radius 3 is 2.38 bits per heavy atom. The van der Waals surface area contributed by atoms with E-state index in [9.17, 15) is 0 Å². The van der Waals surface area contributed by atoms with Crippen LogP contribution in [0.3, 0.4) is 0 Å². The summed E-state index contributed by atoms with van der Waals surface area (Å²) in [5, 5.41) is 3.94. The molecule has 1 N–H and O–H groups in total. The topological polar surface area (TPSA) is 39.7 Å². The summed E-state index contributed by atoms with van der Waals surface area (Å²) in [6.07, 6.45) is 0. The molecule has 0 fully saturated rings. The largest absolute Gasteiger partial charge is 0.495 e. The average molecular weight is 477 g/mol. The van der Waals surface area contributed by atoms with Crippen molar-refractivity contribution in [2.45, 2.75) is 20.1 Å². The quantitative estimate of drug-likeness (QED) is 0.373. The number of ether oxygens (including phenoxy) is 3. The SMILES string of the molecule is CCOc1cc(CNc2ccc(OC)c(Cl)c2)c(Br)cc1OCc1ccccc1. The van der Waals surface area contributed by atoms with Crippen LogP contribution < -0.4 is 19.5 Å². The number of halogens is 2. The van der Waals surface area contributed by atoms with E-state index in [2.05, 4.69) is 21.2 Å². The van der Waals surface area contributed by atoms with Crippen LogP contribution in [0.2, 0.25) is 5.02 Å². The van der Waals surface area contributed by atoms with Crippen molar-refractivity contribution in [3.05, 3.63) is 81.3 Å². The van der Waals surface area contributed by atoms with Gasteiger partial charge in [0, 0.05) is 16.7 Å². The van der Waals surface area contributed by atoms with Crippen LogP contribution in [0.5, 0.6) is 17.2 Å². The van der Waals surface area contributed by atoms with Crippen molar-refractivity contribution in [2.75, 3.05) is 19.0 Å². The van der Waals surface area contributed by atoms with Gasteiger partial charge in [-0.3, -0.25) is 0 Å². The van der Waals surface area contributed by atoms with Gasteiger partial charge in [-0.15, -0.1) is 0 Å². The third kappa shape index (κ3) is 5.81. The third-order valence-electron chi connectivity index (χ3n) is 4.28. The second-order valence-corrected chi connectivity index (χ2v) is 7.56. The van der Waals surface area contributed by atoms with E-state index in [0.717, 1.165) is 27.0 Å². The Morgan fingerprint density at radius 1 is 0.931 bits per heavy atom. The molecule has 29 heavy (non-hydrogen) atoms. The molecule has 0 radical (unpaired) electrons. The fraction of sp³-hybridized carbons (Fsp3) is 0.217. The van der Waals surface area contributed by atoms with Crippen molar-refractivity contribution in [3.8, 4) is 17.2 Å². The van der Waals surface area contributed by atoms with E-state index in [-0.39, 0.29) is 0 Å².